The molecule has 2 N–H and O–H groups in total. The van der Waals surface area contributed by atoms with Gasteiger partial charge in [-0.3, -0.25) is 9.69 Å². The van der Waals surface area contributed by atoms with Gasteiger partial charge >= 0.3 is 12.1 Å². The average molecular weight is 326 g/mol. The molecule has 0 aromatic heterocycles. The van der Waals surface area contributed by atoms with E-state index in [2.05, 4.69) is 17.2 Å². The molecule has 0 saturated heterocycles. The van der Waals surface area contributed by atoms with Crippen LogP contribution in [-0.4, -0.2) is 52.8 Å². The molecule has 2 atom stereocenters. The Balaban J connectivity index is 4.61. The number of alkyl carbamates (subject to hydrolysis) is 1. The lowest BCUT2D eigenvalue weighted by molar-refractivity contribution is -0.142. The van der Waals surface area contributed by atoms with Crippen LogP contribution in [0, 0.1) is 11.8 Å². The third kappa shape index (κ3) is 10.6. The highest BCUT2D eigenvalue weighted by atomic mass is 16.6. The average Bonchev–Trinajstić information content (AvgIpc) is 2.38. The number of aliphatic carboxylic acids is 1. The molecule has 0 aliphatic carbocycles. The Kier molecular flexibility index (Phi) is 9.35. The second kappa shape index (κ2) is 10.1. The largest absolute Gasteiger partial charge is 0.480 e. The highest BCUT2D eigenvalue weighted by Crippen LogP contribution is 2.08. The summed E-state index contributed by atoms with van der Waals surface area (Å²) in [7, 11) is 0. The number of rotatable bonds is 7. The number of carboxylic acids is 1. The lowest BCUT2D eigenvalue weighted by atomic mass is 10.2. The first-order valence-corrected chi connectivity index (χ1v) is 7.99. The normalized spacial score (nSPS) is 13.7. The molecule has 0 bridgehead atoms. The van der Waals surface area contributed by atoms with E-state index in [0.717, 1.165) is 6.42 Å². The second-order valence-corrected chi connectivity index (χ2v) is 6.51. The standard InChI is InChI=1S/C17H30N2O4/c1-7-8-9-10-11-19(14(3)15(20)21)12-13(2)18-16(22)23-17(4,5)6/h13-14H,7,10-12H2,1-6H3,(H,18,22)(H,20,21). The van der Waals surface area contributed by atoms with Crippen LogP contribution in [-0.2, 0) is 9.53 Å². The molecular weight excluding hydrogens is 296 g/mol. The lowest BCUT2D eigenvalue weighted by Gasteiger charge is -2.29. The SMILES string of the molecule is CCC#CCCN(CC(C)NC(=O)OC(C)(C)C)C(C)C(=O)O. The summed E-state index contributed by atoms with van der Waals surface area (Å²) in [6.45, 7) is 11.8. The molecule has 0 saturated carbocycles. The van der Waals surface area contributed by atoms with E-state index in [1.54, 1.807) is 32.6 Å². The minimum Gasteiger partial charge on any atom is -0.480 e. The predicted octanol–water partition coefficient (Wildman–Crippen LogP) is 2.48. The van der Waals surface area contributed by atoms with Gasteiger partial charge in [-0.25, -0.2) is 4.79 Å². The van der Waals surface area contributed by atoms with E-state index in [1.807, 2.05) is 13.8 Å². The maximum atomic E-state index is 11.8. The summed E-state index contributed by atoms with van der Waals surface area (Å²) in [6.07, 6.45) is 0.883. The molecule has 0 fully saturated rings. The Morgan fingerprint density at radius 3 is 2.35 bits per heavy atom. The second-order valence-electron chi connectivity index (χ2n) is 6.51. The Labute approximate surface area is 139 Å². The van der Waals surface area contributed by atoms with E-state index in [1.165, 1.54) is 0 Å². The van der Waals surface area contributed by atoms with E-state index < -0.39 is 23.7 Å². The fourth-order valence-corrected chi connectivity index (χ4v) is 1.92. The third-order valence-electron chi connectivity index (χ3n) is 3.00. The van der Waals surface area contributed by atoms with Crippen molar-refractivity contribution in [3.63, 3.8) is 0 Å². The zero-order valence-corrected chi connectivity index (χ0v) is 15.1. The van der Waals surface area contributed by atoms with Crippen LogP contribution in [0.25, 0.3) is 0 Å². The number of ether oxygens (including phenoxy) is 1. The number of amides is 1. The third-order valence-corrected chi connectivity index (χ3v) is 3.00. The Morgan fingerprint density at radius 2 is 1.87 bits per heavy atom. The van der Waals surface area contributed by atoms with E-state index in [9.17, 15) is 14.7 Å². The smallest absolute Gasteiger partial charge is 0.407 e. The zero-order valence-electron chi connectivity index (χ0n) is 15.1. The topological polar surface area (TPSA) is 78.9 Å². The molecule has 0 radical (unpaired) electrons. The molecule has 1 amide bonds. The van der Waals surface area contributed by atoms with Gasteiger partial charge in [0.15, 0.2) is 0 Å². The van der Waals surface area contributed by atoms with E-state index >= 15 is 0 Å². The summed E-state index contributed by atoms with van der Waals surface area (Å²) >= 11 is 0. The van der Waals surface area contributed by atoms with Crippen LogP contribution in [0.4, 0.5) is 4.79 Å². The van der Waals surface area contributed by atoms with Gasteiger partial charge in [-0.05, 0) is 34.6 Å². The summed E-state index contributed by atoms with van der Waals surface area (Å²) in [6, 6.07) is -0.868. The first kappa shape index (κ1) is 21.3. The van der Waals surface area contributed by atoms with Gasteiger partial charge in [0.25, 0.3) is 0 Å². The molecule has 0 heterocycles. The van der Waals surface area contributed by atoms with Gasteiger partial charge in [-0.1, -0.05) is 6.92 Å². The summed E-state index contributed by atoms with van der Waals surface area (Å²) in [5, 5.41) is 11.9. The fourth-order valence-electron chi connectivity index (χ4n) is 1.92. The Bertz CT molecular complexity index is 446. The van der Waals surface area contributed by atoms with E-state index in [0.29, 0.717) is 19.5 Å². The molecule has 0 spiro atoms. The molecule has 0 aliphatic heterocycles. The van der Waals surface area contributed by atoms with Crippen molar-refractivity contribution in [2.45, 2.75) is 72.1 Å². The van der Waals surface area contributed by atoms with Crippen molar-refractivity contribution in [3.8, 4) is 11.8 Å². The molecule has 0 rings (SSSR count). The van der Waals surface area contributed by atoms with Crippen molar-refractivity contribution in [2.75, 3.05) is 13.1 Å². The van der Waals surface area contributed by atoms with Crippen LogP contribution in [0.1, 0.15) is 54.4 Å². The molecule has 132 valence electrons. The van der Waals surface area contributed by atoms with Crippen LogP contribution < -0.4 is 5.32 Å². The van der Waals surface area contributed by atoms with Crippen molar-refractivity contribution in [2.24, 2.45) is 0 Å². The fraction of sp³-hybridized carbons (Fsp3) is 0.765. The van der Waals surface area contributed by atoms with Crippen LogP contribution >= 0.6 is 0 Å². The first-order chi connectivity index (χ1) is 10.6. The molecule has 6 nitrogen and oxygen atoms in total. The van der Waals surface area contributed by atoms with Gasteiger partial charge < -0.3 is 15.2 Å². The van der Waals surface area contributed by atoms with Crippen molar-refractivity contribution < 1.29 is 19.4 Å². The van der Waals surface area contributed by atoms with Crippen molar-refractivity contribution in [3.05, 3.63) is 0 Å². The Morgan fingerprint density at radius 1 is 1.26 bits per heavy atom. The quantitative estimate of drug-likeness (QED) is 0.703. The van der Waals surface area contributed by atoms with Crippen molar-refractivity contribution >= 4 is 12.1 Å². The summed E-state index contributed by atoms with van der Waals surface area (Å²) in [5.74, 6) is 5.09. The molecule has 0 aliphatic rings. The molecule has 2 unspecified atom stereocenters. The van der Waals surface area contributed by atoms with Gasteiger partial charge in [0.1, 0.15) is 11.6 Å². The van der Waals surface area contributed by atoms with E-state index in [4.69, 9.17) is 4.74 Å². The Hall–Kier alpha value is -1.74. The molecule has 0 aromatic rings. The van der Waals surface area contributed by atoms with Gasteiger partial charge in [-0.2, -0.15) is 0 Å². The number of hydrogen-bond donors (Lipinski definition) is 2. The van der Waals surface area contributed by atoms with Crippen LogP contribution in [0.5, 0.6) is 0 Å². The minimum absolute atomic E-state index is 0.231. The lowest BCUT2D eigenvalue weighted by Crippen LogP contribution is -2.48. The van der Waals surface area contributed by atoms with Crippen molar-refractivity contribution in [1.29, 1.82) is 0 Å². The van der Waals surface area contributed by atoms with Gasteiger partial charge in [0.05, 0.1) is 0 Å². The predicted molar refractivity (Wildman–Crippen MR) is 90.2 cm³/mol. The minimum atomic E-state index is -0.891. The highest BCUT2D eigenvalue weighted by Gasteiger charge is 2.23. The first-order valence-electron chi connectivity index (χ1n) is 7.99. The highest BCUT2D eigenvalue weighted by molar-refractivity contribution is 5.73. The molecule has 6 heteroatoms. The number of carbonyl (C=O) groups is 2. The monoisotopic (exact) mass is 326 g/mol. The molecule has 0 aromatic carbocycles. The maximum Gasteiger partial charge on any atom is 0.407 e. The van der Waals surface area contributed by atoms with Gasteiger partial charge in [0, 0.05) is 32.0 Å². The van der Waals surface area contributed by atoms with Crippen LogP contribution in [0.2, 0.25) is 0 Å². The van der Waals surface area contributed by atoms with Crippen LogP contribution in [0.3, 0.4) is 0 Å². The summed E-state index contributed by atoms with van der Waals surface area (Å²) in [4.78, 5) is 24.8. The van der Waals surface area contributed by atoms with E-state index in [-0.39, 0.29) is 6.04 Å². The maximum absolute atomic E-state index is 11.8. The number of nitrogens with one attached hydrogen (secondary N) is 1. The zero-order chi connectivity index (χ0) is 18.0. The summed E-state index contributed by atoms with van der Waals surface area (Å²) < 4.78 is 5.20. The number of nitrogens with zero attached hydrogens (tertiary/aromatic N) is 1. The number of carbonyl (C=O) groups excluding carboxylic acids is 1. The molecular formula is C17H30N2O4. The van der Waals surface area contributed by atoms with Crippen LogP contribution in [0.15, 0.2) is 0 Å². The number of hydrogen-bond acceptors (Lipinski definition) is 4. The molecule has 23 heavy (non-hydrogen) atoms. The summed E-state index contributed by atoms with van der Waals surface area (Å²) in [5.41, 5.74) is -0.562. The van der Waals surface area contributed by atoms with Crippen molar-refractivity contribution in [1.82, 2.24) is 10.2 Å². The number of carboxylic acid groups (broad SMARTS) is 1. The van der Waals surface area contributed by atoms with Gasteiger partial charge in [-0.15, -0.1) is 11.8 Å². The van der Waals surface area contributed by atoms with Gasteiger partial charge in [0.2, 0.25) is 0 Å².